The van der Waals surface area contributed by atoms with Gasteiger partial charge < -0.3 is 10.1 Å². The molecule has 2 heteroatoms. The minimum absolute atomic E-state index is 0.312. The Kier molecular flexibility index (Phi) is 5.63. The molecular formula is C21H33NO. The molecule has 0 unspecified atom stereocenters. The van der Waals surface area contributed by atoms with Gasteiger partial charge in [0.05, 0.1) is 6.10 Å². The third-order valence-electron chi connectivity index (χ3n) is 5.95. The van der Waals surface area contributed by atoms with Crippen molar-refractivity contribution < 1.29 is 4.74 Å². The molecule has 1 N–H and O–H groups in total. The van der Waals surface area contributed by atoms with Gasteiger partial charge in [0.15, 0.2) is 0 Å². The first-order valence-corrected chi connectivity index (χ1v) is 9.79. The normalized spacial score (nSPS) is 26.5. The summed E-state index contributed by atoms with van der Waals surface area (Å²) in [7, 11) is 0. The molecule has 128 valence electrons. The van der Waals surface area contributed by atoms with Crippen LogP contribution in [0.2, 0.25) is 0 Å². The molecule has 1 saturated heterocycles. The minimum atomic E-state index is 0.312. The average Bonchev–Trinajstić information content (AvgIpc) is 2.61. The van der Waals surface area contributed by atoms with Crippen molar-refractivity contribution in [3.05, 3.63) is 29.3 Å². The van der Waals surface area contributed by atoms with E-state index in [4.69, 9.17) is 4.74 Å². The van der Waals surface area contributed by atoms with Gasteiger partial charge in [-0.25, -0.2) is 0 Å². The Morgan fingerprint density at radius 3 is 2.78 bits per heavy atom. The summed E-state index contributed by atoms with van der Waals surface area (Å²) in [5, 5.41) is 3.90. The van der Waals surface area contributed by atoms with Crippen LogP contribution in [-0.4, -0.2) is 12.6 Å². The number of fused-ring (bicyclic) bond motifs is 3. The summed E-state index contributed by atoms with van der Waals surface area (Å²) < 4.78 is 6.30. The molecule has 1 fully saturated rings. The third kappa shape index (κ3) is 3.42. The van der Waals surface area contributed by atoms with E-state index in [0.29, 0.717) is 18.1 Å². The highest BCUT2D eigenvalue weighted by molar-refractivity contribution is 5.57. The largest absolute Gasteiger partial charge is 0.381 e. The Morgan fingerprint density at radius 1 is 1.22 bits per heavy atom. The molecule has 0 saturated carbocycles. The Balaban J connectivity index is 1.90. The van der Waals surface area contributed by atoms with E-state index in [2.05, 4.69) is 44.3 Å². The van der Waals surface area contributed by atoms with E-state index in [1.165, 1.54) is 61.8 Å². The van der Waals surface area contributed by atoms with E-state index in [9.17, 15) is 0 Å². The van der Waals surface area contributed by atoms with Gasteiger partial charge >= 0.3 is 0 Å². The molecule has 2 heterocycles. The van der Waals surface area contributed by atoms with Crippen LogP contribution in [0.3, 0.4) is 0 Å². The summed E-state index contributed by atoms with van der Waals surface area (Å²) in [6.45, 7) is 7.85. The number of hydrogen-bond acceptors (Lipinski definition) is 2. The minimum Gasteiger partial charge on any atom is -0.381 e. The van der Waals surface area contributed by atoms with Gasteiger partial charge in [0.2, 0.25) is 0 Å². The summed E-state index contributed by atoms with van der Waals surface area (Å²) in [6, 6.07) is 7.62. The highest BCUT2D eigenvalue weighted by Crippen LogP contribution is 2.46. The molecule has 3 rings (SSSR count). The molecule has 0 aliphatic carbocycles. The van der Waals surface area contributed by atoms with Gasteiger partial charge in [-0.3, -0.25) is 0 Å². The van der Waals surface area contributed by atoms with Crippen molar-refractivity contribution in [2.75, 3.05) is 11.9 Å². The lowest BCUT2D eigenvalue weighted by atomic mass is 9.73. The van der Waals surface area contributed by atoms with Gasteiger partial charge in [0.25, 0.3) is 0 Å². The van der Waals surface area contributed by atoms with Gasteiger partial charge in [-0.1, -0.05) is 52.2 Å². The van der Waals surface area contributed by atoms with Crippen LogP contribution in [0, 0.1) is 11.8 Å². The first-order valence-electron chi connectivity index (χ1n) is 9.79. The quantitative estimate of drug-likeness (QED) is 0.724. The molecule has 2 aliphatic heterocycles. The molecule has 0 spiro atoms. The predicted octanol–water partition coefficient (Wildman–Crippen LogP) is 5.73. The van der Waals surface area contributed by atoms with Crippen LogP contribution in [0.25, 0.3) is 0 Å². The monoisotopic (exact) mass is 315 g/mol. The smallest absolute Gasteiger partial charge is 0.0892 e. The Labute approximate surface area is 142 Å². The lowest BCUT2D eigenvalue weighted by Gasteiger charge is -2.46. The SMILES string of the molecule is CCCCc1ccc2c(c1)[C@H]1OCCC[C@H]1[C@H](C(CC)CC)N2. The third-order valence-corrected chi connectivity index (χ3v) is 5.95. The fraction of sp³-hybridized carbons (Fsp3) is 0.714. The lowest BCUT2D eigenvalue weighted by molar-refractivity contribution is -0.0444. The van der Waals surface area contributed by atoms with Gasteiger partial charge in [-0.15, -0.1) is 0 Å². The molecule has 23 heavy (non-hydrogen) atoms. The zero-order valence-electron chi connectivity index (χ0n) is 15.1. The number of anilines is 1. The van der Waals surface area contributed by atoms with E-state index < -0.39 is 0 Å². The van der Waals surface area contributed by atoms with Crippen molar-refractivity contribution in [3.8, 4) is 0 Å². The maximum atomic E-state index is 6.30. The van der Waals surface area contributed by atoms with Crippen LogP contribution in [0.1, 0.15) is 76.5 Å². The fourth-order valence-corrected chi connectivity index (χ4v) is 4.56. The zero-order valence-corrected chi connectivity index (χ0v) is 15.1. The highest BCUT2D eigenvalue weighted by Gasteiger charge is 2.41. The zero-order chi connectivity index (χ0) is 16.2. The van der Waals surface area contributed by atoms with Crippen LogP contribution in [0.5, 0.6) is 0 Å². The van der Waals surface area contributed by atoms with Gasteiger partial charge in [-0.2, -0.15) is 0 Å². The molecule has 1 aromatic rings. The number of unbranched alkanes of at least 4 members (excludes halogenated alkanes) is 1. The molecule has 0 amide bonds. The molecule has 1 aromatic carbocycles. The second-order valence-corrected chi connectivity index (χ2v) is 7.37. The topological polar surface area (TPSA) is 21.3 Å². The Bertz CT molecular complexity index is 509. The summed E-state index contributed by atoms with van der Waals surface area (Å²) in [5.41, 5.74) is 4.22. The Hall–Kier alpha value is -1.02. The molecule has 0 aromatic heterocycles. The van der Waals surface area contributed by atoms with Gasteiger partial charge in [0.1, 0.15) is 0 Å². The molecule has 3 atom stereocenters. The standard InChI is InChI=1S/C21H33NO/c1-4-7-9-15-11-12-19-18(14-15)21-17(10-8-13-23-21)20(22-19)16(5-2)6-3/h11-12,14,16-17,20-22H,4-10,13H2,1-3H3/t17-,20-,21-/m0/s1. The van der Waals surface area contributed by atoms with Crippen molar-refractivity contribution >= 4 is 5.69 Å². The highest BCUT2D eigenvalue weighted by atomic mass is 16.5. The van der Waals surface area contributed by atoms with Crippen molar-refractivity contribution in [2.45, 2.75) is 77.9 Å². The lowest BCUT2D eigenvalue weighted by Crippen LogP contribution is -2.45. The van der Waals surface area contributed by atoms with Crippen LogP contribution in [0.4, 0.5) is 5.69 Å². The summed E-state index contributed by atoms with van der Waals surface area (Å²) in [5.74, 6) is 1.39. The maximum Gasteiger partial charge on any atom is 0.0892 e. The molecule has 2 aliphatic rings. The van der Waals surface area contributed by atoms with Crippen LogP contribution in [-0.2, 0) is 11.2 Å². The van der Waals surface area contributed by atoms with Gasteiger partial charge in [-0.05, 0) is 43.2 Å². The average molecular weight is 316 g/mol. The van der Waals surface area contributed by atoms with E-state index in [1.54, 1.807) is 0 Å². The maximum absolute atomic E-state index is 6.30. The second kappa shape index (κ2) is 7.70. The molecular weight excluding hydrogens is 282 g/mol. The van der Waals surface area contributed by atoms with E-state index >= 15 is 0 Å². The second-order valence-electron chi connectivity index (χ2n) is 7.37. The van der Waals surface area contributed by atoms with Crippen LogP contribution >= 0.6 is 0 Å². The van der Waals surface area contributed by atoms with Crippen LogP contribution < -0.4 is 5.32 Å². The van der Waals surface area contributed by atoms with E-state index in [1.807, 2.05) is 0 Å². The number of rotatable bonds is 6. The fourth-order valence-electron chi connectivity index (χ4n) is 4.56. The summed E-state index contributed by atoms with van der Waals surface area (Å²) >= 11 is 0. The van der Waals surface area contributed by atoms with Crippen LogP contribution in [0.15, 0.2) is 18.2 Å². The number of nitrogens with one attached hydrogen (secondary N) is 1. The van der Waals surface area contributed by atoms with Crippen molar-refractivity contribution in [1.82, 2.24) is 0 Å². The van der Waals surface area contributed by atoms with Crippen molar-refractivity contribution in [3.63, 3.8) is 0 Å². The summed E-state index contributed by atoms with van der Waals surface area (Å²) in [4.78, 5) is 0. The predicted molar refractivity (Wildman–Crippen MR) is 98.0 cm³/mol. The summed E-state index contributed by atoms with van der Waals surface area (Å²) in [6.07, 6.45) is 9.06. The number of benzene rings is 1. The number of aryl methyl sites for hydroxylation is 1. The number of hydrogen-bond donors (Lipinski definition) is 1. The van der Waals surface area contributed by atoms with E-state index in [0.717, 1.165) is 12.5 Å². The van der Waals surface area contributed by atoms with E-state index in [-0.39, 0.29) is 0 Å². The molecule has 0 radical (unpaired) electrons. The number of ether oxygens (including phenoxy) is 1. The first-order chi connectivity index (χ1) is 11.3. The molecule has 0 bridgehead atoms. The van der Waals surface area contributed by atoms with Crippen molar-refractivity contribution in [2.24, 2.45) is 11.8 Å². The van der Waals surface area contributed by atoms with Gasteiger partial charge in [0, 0.05) is 29.8 Å². The first kappa shape index (κ1) is 16.8. The molecule has 2 nitrogen and oxygen atoms in total. The Morgan fingerprint density at radius 2 is 2.04 bits per heavy atom. The van der Waals surface area contributed by atoms with Crippen molar-refractivity contribution in [1.29, 1.82) is 0 Å².